The maximum absolute atomic E-state index is 12.8. The Morgan fingerprint density at radius 1 is 1.04 bits per heavy atom. The van der Waals surface area contributed by atoms with Crippen LogP contribution in [0.15, 0.2) is 53.4 Å². The van der Waals surface area contributed by atoms with Crippen LogP contribution in [0, 0.1) is 0 Å². The molecule has 2 aromatic carbocycles. The molecule has 0 saturated carbocycles. The second-order valence-corrected chi connectivity index (χ2v) is 6.68. The van der Waals surface area contributed by atoms with E-state index in [4.69, 9.17) is 5.11 Å². The molecule has 2 aromatic rings. The van der Waals surface area contributed by atoms with Gasteiger partial charge in [-0.15, -0.1) is 0 Å². The number of anilines is 1. The van der Waals surface area contributed by atoms with Crippen molar-refractivity contribution in [1.82, 2.24) is 5.01 Å². The summed E-state index contributed by atoms with van der Waals surface area (Å²) in [6, 6.07) is 11.4. The van der Waals surface area contributed by atoms with E-state index in [0.717, 1.165) is 16.5 Å². The Balaban J connectivity index is 2.61. The minimum absolute atomic E-state index is 0.0682. The number of hydrazine groups is 1. The van der Waals surface area contributed by atoms with E-state index in [9.17, 15) is 18.3 Å². The molecular formula is C15H16N2O5S. The smallest absolute Gasteiger partial charge is 0.339 e. The summed E-state index contributed by atoms with van der Waals surface area (Å²) >= 11 is 0. The number of benzene rings is 2. The van der Waals surface area contributed by atoms with Gasteiger partial charge in [0.25, 0.3) is 10.0 Å². The predicted octanol–water partition coefficient (Wildman–Crippen LogP) is 1.76. The molecule has 0 unspecified atom stereocenters. The fraction of sp³-hybridized carbons (Fsp3) is 0.133. The SMILES string of the molecule is CN(C)N(c1ccc(O)c(C(=O)O)c1)S(=O)(=O)c1ccccc1. The topological polar surface area (TPSA) is 98.2 Å². The van der Waals surface area contributed by atoms with Crippen molar-refractivity contribution in [3.8, 4) is 5.75 Å². The van der Waals surface area contributed by atoms with Crippen molar-refractivity contribution in [2.75, 3.05) is 18.5 Å². The fourth-order valence-corrected chi connectivity index (χ4v) is 3.61. The number of phenols is 1. The molecule has 2 N–H and O–H groups in total. The highest BCUT2D eigenvalue weighted by atomic mass is 32.2. The number of carbonyl (C=O) groups is 1. The van der Waals surface area contributed by atoms with Crippen molar-refractivity contribution in [2.45, 2.75) is 4.90 Å². The van der Waals surface area contributed by atoms with Gasteiger partial charge in [0.1, 0.15) is 11.3 Å². The van der Waals surface area contributed by atoms with Crippen LogP contribution in [0.1, 0.15) is 10.4 Å². The number of hydrogen-bond acceptors (Lipinski definition) is 5. The molecular weight excluding hydrogens is 320 g/mol. The summed E-state index contributed by atoms with van der Waals surface area (Å²) in [4.78, 5) is 11.2. The van der Waals surface area contributed by atoms with Crippen molar-refractivity contribution >= 4 is 21.7 Å². The first-order chi connectivity index (χ1) is 10.7. The van der Waals surface area contributed by atoms with Gasteiger partial charge < -0.3 is 10.2 Å². The van der Waals surface area contributed by atoms with Crippen molar-refractivity contribution < 1.29 is 23.4 Å². The van der Waals surface area contributed by atoms with Crippen molar-refractivity contribution in [3.05, 3.63) is 54.1 Å². The van der Waals surface area contributed by atoms with Gasteiger partial charge in [-0.05, 0) is 30.3 Å². The number of rotatable bonds is 5. The van der Waals surface area contributed by atoms with Gasteiger partial charge >= 0.3 is 5.97 Å². The number of carboxylic acids is 1. The van der Waals surface area contributed by atoms with Crippen LogP contribution < -0.4 is 4.41 Å². The molecule has 0 fully saturated rings. The van der Waals surface area contributed by atoms with E-state index in [-0.39, 0.29) is 16.1 Å². The Morgan fingerprint density at radius 2 is 1.65 bits per heavy atom. The monoisotopic (exact) mass is 336 g/mol. The number of aromatic hydroxyl groups is 1. The summed E-state index contributed by atoms with van der Waals surface area (Å²) in [7, 11) is -0.881. The standard InChI is InChI=1S/C15H16N2O5S/c1-16(2)17(23(21,22)12-6-4-3-5-7-12)11-8-9-14(18)13(10-11)15(19)20/h3-10,18H,1-2H3,(H,19,20). The van der Waals surface area contributed by atoms with E-state index in [1.165, 1.54) is 37.3 Å². The van der Waals surface area contributed by atoms with Crippen LogP contribution in [0.25, 0.3) is 0 Å². The molecule has 0 aliphatic carbocycles. The third-order valence-corrected chi connectivity index (χ3v) is 4.92. The molecule has 0 aliphatic heterocycles. The Hall–Kier alpha value is -2.58. The minimum atomic E-state index is -3.92. The first-order valence-corrected chi connectivity index (χ1v) is 8.03. The van der Waals surface area contributed by atoms with Gasteiger partial charge in [0, 0.05) is 14.1 Å². The third-order valence-electron chi connectivity index (χ3n) is 3.06. The second-order valence-electron chi connectivity index (χ2n) is 4.91. The molecule has 8 heteroatoms. The lowest BCUT2D eigenvalue weighted by atomic mass is 10.2. The fourth-order valence-electron chi connectivity index (χ4n) is 2.09. The highest BCUT2D eigenvalue weighted by Crippen LogP contribution is 2.29. The Labute approximate surface area is 134 Å². The summed E-state index contributed by atoms with van der Waals surface area (Å²) in [5.41, 5.74) is -0.272. The molecule has 2 rings (SSSR count). The molecule has 0 aromatic heterocycles. The first-order valence-electron chi connectivity index (χ1n) is 6.59. The highest BCUT2D eigenvalue weighted by Gasteiger charge is 2.28. The molecule has 0 bridgehead atoms. The van der Waals surface area contributed by atoms with Gasteiger partial charge in [0.15, 0.2) is 0 Å². The average molecular weight is 336 g/mol. The lowest BCUT2D eigenvalue weighted by Gasteiger charge is -2.30. The van der Waals surface area contributed by atoms with E-state index in [2.05, 4.69) is 0 Å². The summed E-state index contributed by atoms with van der Waals surface area (Å²) in [6.45, 7) is 0. The van der Waals surface area contributed by atoms with Crippen LogP contribution in [0.3, 0.4) is 0 Å². The van der Waals surface area contributed by atoms with E-state index in [1.54, 1.807) is 18.2 Å². The van der Waals surface area contributed by atoms with Crippen LogP contribution in [0.2, 0.25) is 0 Å². The van der Waals surface area contributed by atoms with Gasteiger partial charge in [-0.25, -0.2) is 9.80 Å². The minimum Gasteiger partial charge on any atom is -0.507 e. The van der Waals surface area contributed by atoms with Crippen LogP contribution in [-0.4, -0.2) is 43.7 Å². The lowest BCUT2D eigenvalue weighted by Crippen LogP contribution is -2.42. The molecule has 0 radical (unpaired) electrons. The summed E-state index contributed by atoms with van der Waals surface area (Å²) in [5.74, 6) is -1.78. The summed E-state index contributed by atoms with van der Waals surface area (Å²) in [5, 5.41) is 20.0. The van der Waals surface area contributed by atoms with E-state index < -0.39 is 21.7 Å². The third kappa shape index (κ3) is 3.27. The van der Waals surface area contributed by atoms with Gasteiger partial charge in [0.2, 0.25) is 0 Å². The van der Waals surface area contributed by atoms with E-state index >= 15 is 0 Å². The zero-order valence-corrected chi connectivity index (χ0v) is 13.4. The number of sulfonamides is 1. The normalized spacial score (nSPS) is 11.4. The molecule has 23 heavy (non-hydrogen) atoms. The predicted molar refractivity (Wildman–Crippen MR) is 84.9 cm³/mol. The molecule has 0 atom stereocenters. The number of nitrogens with zero attached hydrogens (tertiary/aromatic N) is 2. The highest BCUT2D eigenvalue weighted by molar-refractivity contribution is 7.92. The molecule has 0 amide bonds. The zero-order valence-electron chi connectivity index (χ0n) is 12.5. The molecule has 0 saturated heterocycles. The number of carboxylic acid groups (broad SMARTS) is 1. The number of aromatic carboxylic acids is 1. The molecule has 0 heterocycles. The van der Waals surface area contributed by atoms with Crippen molar-refractivity contribution in [1.29, 1.82) is 0 Å². The Bertz CT molecular complexity index is 819. The summed E-state index contributed by atoms with van der Waals surface area (Å²) < 4.78 is 26.6. The maximum Gasteiger partial charge on any atom is 0.339 e. The largest absolute Gasteiger partial charge is 0.507 e. The van der Waals surface area contributed by atoms with Crippen LogP contribution in [0.5, 0.6) is 5.75 Å². The quantitative estimate of drug-likeness (QED) is 0.808. The maximum atomic E-state index is 12.8. The zero-order chi connectivity index (χ0) is 17.2. The van der Waals surface area contributed by atoms with Crippen LogP contribution in [-0.2, 0) is 10.0 Å². The Morgan fingerprint density at radius 3 is 2.17 bits per heavy atom. The number of hydrogen-bond donors (Lipinski definition) is 2. The van der Waals surface area contributed by atoms with E-state index in [1.807, 2.05) is 0 Å². The van der Waals surface area contributed by atoms with Gasteiger partial charge in [-0.3, -0.25) is 0 Å². The second kappa shape index (κ2) is 6.27. The lowest BCUT2D eigenvalue weighted by molar-refractivity contribution is 0.0693. The molecule has 122 valence electrons. The average Bonchev–Trinajstić information content (AvgIpc) is 2.49. The first kappa shape index (κ1) is 16.8. The van der Waals surface area contributed by atoms with Crippen LogP contribution in [0.4, 0.5) is 5.69 Å². The van der Waals surface area contributed by atoms with Gasteiger partial charge in [-0.2, -0.15) is 12.8 Å². The van der Waals surface area contributed by atoms with Crippen LogP contribution >= 0.6 is 0 Å². The summed E-state index contributed by atoms with van der Waals surface area (Å²) in [6.07, 6.45) is 0. The van der Waals surface area contributed by atoms with Crippen molar-refractivity contribution in [2.24, 2.45) is 0 Å². The molecule has 0 spiro atoms. The van der Waals surface area contributed by atoms with E-state index in [0.29, 0.717) is 0 Å². The van der Waals surface area contributed by atoms with Gasteiger partial charge in [-0.1, -0.05) is 18.2 Å². The molecule has 0 aliphatic rings. The molecule has 7 nitrogen and oxygen atoms in total. The Kier molecular flexibility index (Phi) is 4.57. The van der Waals surface area contributed by atoms with Gasteiger partial charge in [0.05, 0.1) is 10.6 Å². The van der Waals surface area contributed by atoms with Crippen molar-refractivity contribution in [3.63, 3.8) is 0 Å².